The van der Waals surface area contributed by atoms with E-state index in [2.05, 4.69) is 22.5 Å². The van der Waals surface area contributed by atoms with Gasteiger partial charge in [-0.2, -0.15) is 0 Å². The summed E-state index contributed by atoms with van der Waals surface area (Å²) in [5, 5.41) is 16.6. The normalized spacial score (nSPS) is 11.1. The Morgan fingerprint density at radius 1 is 1.53 bits per heavy atom. The number of pyridine rings is 1. The van der Waals surface area contributed by atoms with Gasteiger partial charge in [-0.1, -0.05) is 19.4 Å². The number of nitro groups is 1. The first kappa shape index (κ1) is 14.9. The minimum absolute atomic E-state index is 0.00000614. The Hall–Kier alpha value is -2.11. The number of nitrogens with zero attached hydrogens (tertiary/aromatic N) is 2. The molecule has 6 heteroatoms. The standard InChI is InChI=1S/C13H20N4O2/c1-2-3-4-8-16-13(17(18)19)11-15-10-12-6-5-7-14-9-12/h5-7,9,11,15-16H,2-4,8,10H2,1H3. The highest BCUT2D eigenvalue weighted by Gasteiger charge is 2.06. The van der Waals surface area contributed by atoms with E-state index in [1.807, 2.05) is 12.1 Å². The van der Waals surface area contributed by atoms with Crippen molar-refractivity contribution in [2.45, 2.75) is 32.7 Å². The topological polar surface area (TPSA) is 80.1 Å². The molecule has 0 atom stereocenters. The lowest BCUT2D eigenvalue weighted by Gasteiger charge is -2.05. The van der Waals surface area contributed by atoms with Crippen LogP contribution in [-0.2, 0) is 6.54 Å². The van der Waals surface area contributed by atoms with Crippen molar-refractivity contribution in [2.24, 2.45) is 0 Å². The molecule has 104 valence electrons. The molecule has 1 aromatic rings. The molecule has 0 aromatic carbocycles. The molecular weight excluding hydrogens is 244 g/mol. The van der Waals surface area contributed by atoms with Crippen molar-refractivity contribution < 1.29 is 4.92 Å². The highest BCUT2D eigenvalue weighted by atomic mass is 16.6. The lowest BCUT2D eigenvalue weighted by Crippen LogP contribution is -2.23. The van der Waals surface area contributed by atoms with Crippen LogP contribution in [0.1, 0.15) is 31.7 Å². The summed E-state index contributed by atoms with van der Waals surface area (Å²) >= 11 is 0. The SMILES string of the molecule is CCCCCNC(=CNCc1cccnc1)[N+](=O)[O-]. The first-order valence-electron chi connectivity index (χ1n) is 6.44. The molecular formula is C13H20N4O2. The van der Waals surface area contributed by atoms with Crippen LogP contribution in [0, 0.1) is 10.1 Å². The van der Waals surface area contributed by atoms with Crippen LogP contribution in [0.15, 0.2) is 36.5 Å². The van der Waals surface area contributed by atoms with Crippen LogP contribution in [0.5, 0.6) is 0 Å². The molecule has 0 unspecified atom stereocenters. The Morgan fingerprint density at radius 2 is 2.37 bits per heavy atom. The molecule has 1 heterocycles. The summed E-state index contributed by atoms with van der Waals surface area (Å²) in [4.78, 5) is 14.4. The van der Waals surface area contributed by atoms with E-state index in [9.17, 15) is 10.1 Å². The Balaban J connectivity index is 2.38. The van der Waals surface area contributed by atoms with Crippen molar-refractivity contribution in [2.75, 3.05) is 6.54 Å². The van der Waals surface area contributed by atoms with E-state index in [0.717, 1.165) is 24.8 Å². The van der Waals surface area contributed by atoms with Gasteiger partial charge in [0, 0.05) is 18.9 Å². The lowest BCUT2D eigenvalue weighted by atomic mass is 10.2. The number of unbranched alkanes of at least 4 members (excludes halogenated alkanes) is 2. The van der Waals surface area contributed by atoms with E-state index in [-0.39, 0.29) is 5.82 Å². The molecule has 0 saturated heterocycles. The van der Waals surface area contributed by atoms with Crippen molar-refractivity contribution in [1.29, 1.82) is 0 Å². The number of hydrogen-bond acceptors (Lipinski definition) is 5. The van der Waals surface area contributed by atoms with E-state index in [1.54, 1.807) is 12.4 Å². The minimum Gasteiger partial charge on any atom is -0.380 e. The molecule has 0 fully saturated rings. The van der Waals surface area contributed by atoms with Gasteiger partial charge in [-0.15, -0.1) is 0 Å². The average Bonchev–Trinajstić information content (AvgIpc) is 2.42. The van der Waals surface area contributed by atoms with E-state index in [4.69, 9.17) is 0 Å². The van der Waals surface area contributed by atoms with E-state index < -0.39 is 4.92 Å². The van der Waals surface area contributed by atoms with E-state index in [0.29, 0.717) is 13.1 Å². The minimum atomic E-state index is -0.414. The molecule has 19 heavy (non-hydrogen) atoms. The fraction of sp³-hybridized carbons (Fsp3) is 0.462. The van der Waals surface area contributed by atoms with Crippen LogP contribution in [0.2, 0.25) is 0 Å². The highest BCUT2D eigenvalue weighted by molar-refractivity contribution is 5.08. The third kappa shape index (κ3) is 6.40. The van der Waals surface area contributed by atoms with Crippen LogP contribution in [-0.4, -0.2) is 16.5 Å². The maximum Gasteiger partial charge on any atom is 0.331 e. The molecule has 0 bridgehead atoms. The molecule has 0 aliphatic carbocycles. The molecule has 0 aliphatic heterocycles. The average molecular weight is 264 g/mol. The lowest BCUT2D eigenvalue weighted by molar-refractivity contribution is -0.432. The summed E-state index contributed by atoms with van der Waals surface area (Å²) in [6, 6.07) is 3.74. The van der Waals surface area contributed by atoms with Gasteiger partial charge in [0.05, 0.1) is 12.7 Å². The zero-order valence-electron chi connectivity index (χ0n) is 11.1. The zero-order chi connectivity index (χ0) is 13.9. The van der Waals surface area contributed by atoms with Crippen molar-refractivity contribution in [1.82, 2.24) is 15.6 Å². The number of rotatable bonds is 9. The maximum atomic E-state index is 10.8. The monoisotopic (exact) mass is 264 g/mol. The first-order valence-corrected chi connectivity index (χ1v) is 6.44. The van der Waals surface area contributed by atoms with Crippen LogP contribution < -0.4 is 10.6 Å². The fourth-order valence-corrected chi connectivity index (χ4v) is 1.53. The Kier molecular flexibility index (Phi) is 7.01. The Morgan fingerprint density at radius 3 is 3.00 bits per heavy atom. The van der Waals surface area contributed by atoms with Crippen LogP contribution in [0.3, 0.4) is 0 Å². The van der Waals surface area contributed by atoms with Crippen molar-refractivity contribution >= 4 is 0 Å². The summed E-state index contributed by atoms with van der Waals surface area (Å²) in [5.74, 6) is -0.00000614. The van der Waals surface area contributed by atoms with Gasteiger partial charge in [0.25, 0.3) is 0 Å². The van der Waals surface area contributed by atoms with Gasteiger partial charge in [-0.05, 0) is 29.4 Å². The van der Waals surface area contributed by atoms with Gasteiger partial charge in [-0.3, -0.25) is 10.3 Å². The number of hydrogen-bond donors (Lipinski definition) is 2. The maximum absolute atomic E-state index is 10.8. The highest BCUT2D eigenvalue weighted by Crippen LogP contribution is 1.97. The van der Waals surface area contributed by atoms with Gasteiger partial charge < -0.3 is 15.4 Å². The predicted octanol–water partition coefficient (Wildman–Crippen LogP) is 2.03. The summed E-state index contributed by atoms with van der Waals surface area (Å²) in [6.07, 6.45) is 7.92. The van der Waals surface area contributed by atoms with Gasteiger partial charge in [0.2, 0.25) is 0 Å². The molecule has 0 spiro atoms. The third-order valence-electron chi connectivity index (χ3n) is 2.55. The van der Waals surface area contributed by atoms with E-state index in [1.165, 1.54) is 6.20 Å². The molecule has 0 saturated carbocycles. The van der Waals surface area contributed by atoms with Crippen molar-refractivity contribution in [3.05, 3.63) is 52.2 Å². The molecule has 2 N–H and O–H groups in total. The van der Waals surface area contributed by atoms with Gasteiger partial charge in [-0.25, -0.2) is 0 Å². The molecule has 0 radical (unpaired) electrons. The number of nitrogens with one attached hydrogen (secondary N) is 2. The molecule has 6 nitrogen and oxygen atoms in total. The molecule has 0 aliphatic rings. The van der Waals surface area contributed by atoms with Crippen LogP contribution in [0.25, 0.3) is 0 Å². The summed E-state index contributed by atoms with van der Waals surface area (Å²) < 4.78 is 0. The summed E-state index contributed by atoms with van der Waals surface area (Å²) in [7, 11) is 0. The second kappa shape index (κ2) is 8.91. The smallest absolute Gasteiger partial charge is 0.331 e. The zero-order valence-corrected chi connectivity index (χ0v) is 11.1. The van der Waals surface area contributed by atoms with E-state index >= 15 is 0 Å². The quantitative estimate of drug-likeness (QED) is 0.405. The van der Waals surface area contributed by atoms with Gasteiger partial charge in [0.1, 0.15) is 0 Å². The number of aromatic nitrogens is 1. The first-order chi connectivity index (χ1) is 9.24. The second-order valence-corrected chi connectivity index (χ2v) is 4.16. The van der Waals surface area contributed by atoms with Gasteiger partial charge in [0.15, 0.2) is 0 Å². The Labute approximate surface area is 113 Å². The second-order valence-electron chi connectivity index (χ2n) is 4.16. The Bertz CT molecular complexity index is 406. The van der Waals surface area contributed by atoms with Crippen LogP contribution >= 0.6 is 0 Å². The van der Waals surface area contributed by atoms with Crippen molar-refractivity contribution in [3.8, 4) is 0 Å². The van der Waals surface area contributed by atoms with Gasteiger partial charge >= 0.3 is 5.82 Å². The third-order valence-corrected chi connectivity index (χ3v) is 2.55. The molecule has 0 amide bonds. The molecule has 1 rings (SSSR count). The predicted molar refractivity (Wildman–Crippen MR) is 73.7 cm³/mol. The van der Waals surface area contributed by atoms with Crippen molar-refractivity contribution in [3.63, 3.8) is 0 Å². The van der Waals surface area contributed by atoms with Crippen LogP contribution in [0.4, 0.5) is 0 Å². The molecule has 1 aromatic heterocycles. The summed E-state index contributed by atoms with van der Waals surface area (Å²) in [5.41, 5.74) is 0.979. The summed E-state index contributed by atoms with van der Waals surface area (Å²) in [6.45, 7) is 3.23. The largest absolute Gasteiger partial charge is 0.380 e. The fourth-order valence-electron chi connectivity index (χ4n) is 1.53.